The lowest BCUT2D eigenvalue weighted by Crippen LogP contribution is -2.46. The summed E-state index contributed by atoms with van der Waals surface area (Å²) >= 11 is 0. The maximum Gasteiger partial charge on any atom is 0.0431 e. The van der Waals surface area contributed by atoms with Gasteiger partial charge >= 0.3 is 0 Å². The fourth-order valence-electron chi connectivity index (χ4n) is 3.08. The number of nitrogens with one attached hydrogen (secondary N) is 1. The van der Waals surface area contributed by atoms with E-state index >= 15 is 0 Å². The Hall–Kier alpha value is -1.02. The van der Waals surface area contributed by atoms with Crippen molar-refractivity contribution < 1.29 is 0 Å². The molecule has 1 N–H and O–H groups in total. The standard InChI is InChI=1S/C17H28N2/c1-13(2)15-9-6-8-14(3)16(15)19-11-7-10-18-17(4,5)12-19/h6,8-9,13,18H,7,10-12H2,1-5H3. The minimum Gasteiger partial charge on any atom is -0.369 e. The van der Waals surface area contributed by atoms with E-state index < -0.39 is 0 Å². The average Bonchev–Trinajstić information content (AvgIpc) is 2.49. The molecule has 1 aliphatic rings. The van der Waals surface area contributed by atoms with Crippen LogP contribution in [-0.4, -0.2) is 25.2 Å². The Labute approximate surface area is 118 Å². The Morgan fingerprint density at radius 2 is 2.00 bits per heavy atom. The average molecular weight is 260 g/mol. The number of aryl methyl sites for hydroxylation is 1. The van der Waals surface area contributed by atoms with E-state index in [1.54, 1.807) is 0 Å². The minimum absolute atomic E-state index is 0.188. The molecule has 1 saturated heterocycles. The van der Waals surface area contributed by atoms with Crippen LogP contribution in [0.2, 0.25) is 0 Å². The molecule has 1 aromatic carbocycles. The van der Waals surface area contributed by atoms with E-state index in [0.717, 1.165) is 19.6 Å². The molecule has 0 spiro atoms. The van der Waals surface area contributed by atoms with Gasteiger partial charge in [-0.3, -0.25) is 0 Å². The third-order valence-corrected chi connectivity index (χ3v) is 4.00. The Morgan fingerprint density at radius 1 is 1.26 bits per heavy atom. The Morgan fingerprint density at radius 3 is 2.68 bits per heavy atom. The predicted molar refractivity (Wildman–Crippen MR) is 84.2 cm³/mol. The van der Waals surface area contributed by atoms with Gasteiger partial charge in [0.15, 0.2) is 0 Å². The smallest absolute Gasteiger partial charge is 0.0431 e. The second kappa shape index (κ2) is 5.54. The van der Waals surface area contributed by atoms with Crippen LogP contribution in [0.15, 0.2) is 18.2 Å². The van der Waals surface area contributed by atoms with E-state index in [-0.39, 0.29) is 5.54 Å². The van der Waals surface area contributed by atoms with Crippen LogP contribution in [0.4, 0.5) is 5.69 Å². The third kappa shape index (κ3) is 3.30. The maximum atomic E-state index is 3.65. The zero-order chi connectivity index (χ0) is 14.0. The summed E-state index contributed by atoms with van der Waals surface area (Å²) in [6, 6.07) is 6.72. The summed E-state index contributed by atoms with van der Waals surface area (Å²) < 4.78 is 0. The molecular formula is C17H28N2. The number of hydrogen-bond acceptors (Lipinski definition) is 2. The summed E-state index contributed by atoms with van der Waals surface area (Å²) in [4.78, 5) is 2.59. The summed E-state index contributed by atoms with van der Waals surface area (Å²) in [5.74, 6) is 0.578. The van der Waals surface area contributed by atoms with Gasteiger partial charge in [0.05, 0.1) is 0 Å². The van der Waals surface area contributed by atoms with Crippen molar-refractivity contribution >= 4 is 5.69 Å². The largest absolute Gasteiger partial charge is 0.369 e. The second-order valence-corrected chi connectivity index (χ2v) is 6.75. The summed E-state index contributed by atoms with van der Waals surface area (Å²) in [7, 11) is 0. The summed E-state index contributed by atoms with van der Waals surface area (Å²) in [6.45, 7) is 14.8. The molecule has 2 nitrogen and oxygen atoms in total. The molecule has 2 heteroatoms. The SMILES string of the molecule is Cc1cccc(C(C)C)c1N1CCCNC(C)(C)C1. The van der Waals surface area contributed by atoms with Gasteiger partial charge in [0.25, 0.3) is 0 Å². The monoisotopic (exact) mass is 260 g/mol. The van der Waals surface area contributed by atoms with Crippen molar-refractivity contribution in [1.29, 1.82) is 0 Å². The normalized spacial score (nSPS) is 19.6. The number of rotatable bonds is 2. The third-order valence-electron chi connectivity index (χ3n) is 4.00. The van der Waals surface area contributed by atoms with Gasteiger partial charge in [-0.05, 0) is 50.8 Å². The van der Waals surface area contributed by atoms with Gasteiger partial charge in [0.1, 0.15) is 0 Å². The van der Waals surface area contributed by atoms with E-state index in [9.17, 15) is 0 Å². The molecule has 106 valence electrons. The number of benzene rings is 1. The summed E-state index contributed by atoms with van der Waals surface area (Å²) in [5, 5.41) is 3.65. The Kier molecular flexibility index (Phi) is 4.19. The molecule has 1 aromatic rings. The first-order valence-electron chi connectivity index (χ1n) is 7.50. The maximum absolute atomic E-state index is 3.65. The van der Waals surface area contributed by atoms with Crippen LogP contribution in [0.5, 0.6) is 0 Å². The number of para-hydroxylation sites is 1. The van der Waals surface area contributed by atoms with Gasteiger partial charge in [-0.2, -0.15) is 0 Å². The molecule has 0 aliphatic carbocycles. The van der Waals surface area contributed by atoms with Crippen molar-refractivity contribution in [1.82, 2.24) is 5.32 Å². The van der Waals surface area contributed by atoms with Crippen molar-refractivity contribution in [2.24, 2.45) is 0 Å². The summed E-state index contributed by atoms with van der Waals surface area (Å²) in [5.41, 5.74) is 4.54. The highest BCUT2D eigenvalue weighted by Gasteiger charge is 2.26. The fraction of sp³-hybridized carbons (Fsp3) is 0.647. The van der Waals surface area contributed by atoms with Crippen LogP contribution in [-0.2, 0) is 0 Å². The van der Waals surface area contributed by atoms with E-state index in [1.807, 2.05) is 0 Å². The number of anilines is 1. The molecular weight excluding hydrogens is 232 g/mol. The van der Waals surface area contributed by atoms with Gasteiger partial charge in [-0.15, -0.1) is 0 Å². The Bertz CT molecular complexity index is 435. The van der Waals surface area contributed by atoms with Crippen molar-refractivity contribution in [2.75, 3.05) is 24.5 Å². The van der Waals surface area contributed by atoms with Crippen LogP contribution in [0.25, 0.3) is 0 Å². The van der Waals surface area contributed by atoms with Crippen LogP contribution < -0.4 is 10.2 Å². The number of nitrogens with zero attached hydrogens (tertiary/aromatic N) is 1. The topological polar surface area (TPSA) is 15.3 Å². The van der Waals surface area contributed by atoms with Crippen LogP contribution in [0.3, 0.4) is 0 Å². The van der Waals surface area contributed by atoms with Crippen molar-refractivity contribution in [2.45, 2.75) is 52.5 Å². The quantitative estimate of drug-likeness (QED) is 0.872. The van der Waals surface area contributed by atoms with E-state index in [1.165, 1.54) is 23.2 Å². The minimum atomic E-state index is 0.188. The first-order valence-corrected chi connectivity index (χ1v) is 7.50. The molecule has 0 aromatic heterocycles. The lowest BCUT2D eigenvalue weighted by atomic mass is 9.96. The second-order valence-electron chi connectivity index (χ2n) is 6.75. The van der Waals surface area contributed by atoms with Crippen LogP contribution in [0, 0.1) is 6.92 Å². The van der Waals surface area contributed by atoms with E-state index in [0.29, 0.717) is 5.92 Å². The van der Waals surface area contributed by atoms with E-state index in [4.69, 9.17) is 0 Å². The molecule has 0 saturated carbocycles. The van der Waals surface area contributed by atoms with Crippen LogP contribution in [0.1, 0.15) is 51.2 Å². The first kappa shape index (κ1) is 14.4. The van der Waals surface area contributed by atoms with Crippen molar-refractivity contribution in [3.8, 4) is 0 Å². The molecule has 0 atom stereocenters. The molecule has 1 aliphatic heterocycles. The molecule has 1 heterocycles. The zero-order valence-electron chi connectivity index (χ0n) is 13.1. The van der Waals surface area contributed by atoms with Gasteiger partial charge in [0, 0.05) is 24.3 Å². The van der Waals surface area contributed by atoms with E-state index in [2.05, 4.69) is 63.0 Å². The molecule has 0 unspecified atom stereocenters. The molecule has 0 bridgehead atoms. The summed E-state index contributed by atoms with van der Waals surface area (Å²) in [6.07, 6.45) is 1.22. The zero-order valence-corrected chi connectivity index (χ0v) is 13.1. The molecule has 2 rings (SSSR count). The van der Waals surface area contributed by atoms with Crippen molar-refractivity contribution in [3.05, 3.63) is 29.3 Å². The lowest BCUT2D eigenvalue weighted by Gasteiger charge is -2.34. The highest BCUT2D eigenvalue weighted by atomic mass is 15.2. The number of hydrogen-bond donors (Lipinski definition) is 1. The van der Waals surface area contributed by atoms with Gasteiger partial charge in [-0.1, -0.05) is 32.0 Å². The van der Waals surface area contributed by atoms with Gasteiger partial charge < -0.3 is 10.2 Å². The molecule has 0 radical (unpaired) electrons. The highest BCUT2D eigenvalue weighted by molar-refractivity contribution is 5.61. The Balaban J connectivity index is 2.39. The molecule has 0 amide bonds. The lowest BCUT2D eigenvalue weighted by molar-refractivity contribution is 0.416. The van der Waals surface area contributed by atoms with Crippen molar-refractivity contribution in [3.63, 3.8) is 0 Å². The molecule has 1 fully saturated rings. The van der Waals surface area contributed by atoms with Gasteiger partial charge in [-0.25, -0.2) is 0 Å². The predicted octanol–water partition coefficient (Wildman–Crippen LogP) is 3.70. The molecule has 19 heavy (non-hydrogen) atoms. The fourth-order valence-corrected chi connectivity index (χ4v) is 3.08. The highest BCUT2D eigenvalue weighted by Crippen LogP contribution is 2.32. The van der Waals surface area contributed by atoms with Crippen LogP contribution >= 0.6 is 0 Å². The van der Waals surface area contributed by atoms with Gasteiger partial charge in [0.2, 0.25) is 0 Å². The first-order chi connectivity index (χ1) is 8.91.